The highest BCUT2D eigenvalue weighted by molar-refractivity contribution is 5.93. The molecule has 3 aliphatic rings. The number of fused-ring (bicyclic) bond motifs is 3. The highest BCUT2D eigenvalue weighted by Crippen LogP contribution is 2.29. The maximum atomic E-state index is 14.1. The Kier molecular flexibility index (Phi) is 3.93. The minimum Gasteiger partial charge on any atom is -0.301 e. The van der Waals surface area contributed by atoms with Crippen LogP contribution in [0.2, 0.25) is 0 Å². The zero-order chi connectivity index (χ0) is 15.0. The van der Waals surface area contributed by atoms with E-state index in [9.17, 15) is 9.18 Å². The van der Waals surface area contributed by atoms with Crippen LogP contribution in [0, 0.1) is 5.82 Å². The molecule has 2 atom stereocenters. The van der Waals surface area contributed by atoms with E-state index in [1.165, 1.54) is 30.5 Å². The van der Waals surface area contributed by atoms with Gasteiger partial charge in [0, 0.05) is 42.8 Å². The van der Waals surface area contributed by atoms with Gasteiger partial charge in [0.15, 0.2) is 0 Å². The number of likely N-dealkylation sites (N-methyl/N-ethyl adjacent to an activating group) is 1. The summed E-state index contributed by atoms with van der Waals surface area (Å²) < 4.78 is 14.1. The summed E-state index contributed by atoms with van der Waals surface area (Å²) in [4.78, 5) is 16.0. The van der Waals surface area contributed by atoms with Gasteiger partial charge >= 0.3 is 0 Å². The number of piperazine rings is 1. The standard InChI is InChI=1S/C15H20FN3O2/c1-18-8-13-5-4-12(18)9-19(13)7-11-3-2-10(6-14(11)16)15(20)17-21/h2-3,6,12-13,21H,4-5,7-9H2,1H3,(H,17,20). The van der Waals surface area contributed by atoms with Gasteiger partial charge in [-0.3, -0.25) is 14.9 Å². The van der Waals surface area contributed by atoms with Gasteiger partial charge in [0.1, 0.15) is 5.82 Å². The SMILES string of the molecule is CN1CC2CCC1CN2Cc1ccc(C(=O)NO)cc1F. The minimum absolute atomic E-state index is 0.124. The summed E-state index contributed by atoms with van der Waals surface area (Å²) in [7, 11) is 2.15. The van der Waals surface area contributed by atoms with E-state index in [-0.39, 0.29) is 5.56 Å². The lowest BCUT2D eigenvalue weighted by molar-refractivity contribution is -0.0116. The molecule has 1 aromatic rings. The molecule has 114 valence electrons. The molecule has 3 fully saturated rings. The average Bonchev–Trinajstić information content (AvgIpc) is 2.49. The maximum absolute atomic E-state index is 14.1. The van der Waals surface area contributed by atoms with Crippen molar-refractivity contribution in [2.45, 2.75) is 31.5 Å². The number of rotatable bonds is 3. The van der Waals surface area contributed by atoms with Gasteiger partial charge in [0.25, 0.3) is 5.91 Å². The lowest BCUT2D eigenvalue weighted by Crippen LogP contribution is -2.60. The van der Waals surface area contributed by atoms with Crippen LogP contribution >= 0.6 is 0 Å². The van der Waals surface area contributed by atoms with Crippen molar-refractivity contribution >= 4 is 5.91 Å². The smallest absolute Gasteiger partial charge is 0.274 e. The number of nitrogens with one attached hydrogen (secondary N) is 1. The van der Waals surface area contributed by atoms with Crippen molar-refractivity contribution in [1.82, 2.24) is 15.3 Å². The molecule has 3 heterocycles. The monoisotopic (exact) mass is 293 g/mol. The Hall–Kier alpha value is -1.50. The van der Waals surface area contributed by atoms with E-state index >= 15 is 0 Å². The van der Waals surface area contributed by atoms with Crippen LogP contribution in [0.15, 0.2) is 18.2 Å². The van der Waals surface area contributed by atoms with E-state index < -0.39 is 11.7 Å². The quantitative estimate of drug-likeness (QED) is 0.650. The van der Waals surface area contributed by atoms with Crippen LogP contribution in [0.1, 0.15) is 28.8 Å². The first-order chi connectivity index (χ1) is 10.1. The molecule has 0 aromatic heterocycles. The Morgan fingerprint density at radius 1 is 1.38 bits per heavy atom. The molecule has 21 heavy (non-hydrogen) atoms. The normalized spacial score (nSPS) is 26.0. The molecule has 0 saturated carbocycles. The number of hydroxylamine groups is 1. The zero-order valence-electron chi connectivity index (χ0n) is 12.1. The largest absolute Gasteiger partial charge is 0.301 e. The van der Waals surface area contributed by atoms with Gasteiger partial charge in [-0.2, -0.15) is 0 Å². The molecule has 2 bridgehead atoms. The van der Waals surface area contributed by atoms with Crippen LogP contribution in [0.25, 0.3) is 0 Å². The first-order valence-corrected chi connectivity index (χ1v) is 7.25. The number of piperidine rings is 2. The van der Waals surface area contributed by atoms with Gasteiger partial charge in [-0.15, -0.1) is 0 Å². The number of nitrogens with zero attached hydrogens (tertiary/aromatic N) is 2. The van der Waals surface area contributed by atoms with E-state index in [0.717, 1.165) is 13.1 Å². The van der Waals surface area contributed by atoms with Gasteiger partial charge in [-0.1, -0.05) is 6.07 Å². The summed E-state index contributed by atoms with van der Waals surface area (Å²) in [6, 6.07) is 5.40. The van der Waals surface area contributed by atoms with Gasteiger partial charge in [-0.25, -0.2) is 9.87 Å². The van der Waals surface area contributed by atoms with Gasteiger partial charge in [0.05, 0.1) is 0 Å². The highest BCUT2D eigenvalue weighted by atomic mass is 19.1. The summed E-state index contributed by atoms with van der Waals surface area (Å²) >= 11 is 0. The molecule has 0 aliphatic carbocycles. The highest BCUT2D eigenvalue weighted by Gasteiger charge is 2.37. The number of benzene rings is 1. The predicted molar refractivity (Wildman–Crippen MR) is 75.5 cm³/mol. The van der Waals surface area contributed by atoms with E-state index in [1.54, 1.807) is 6.07 Å². The fraction of sp³-hybridized carbons (Fsp3) is 0.533. The second kappa shape index (κ2) is 5.71. The zero-order valence-corrected chi connectivity index (χ0v) is 12.1. The summed E-state index contributed by atoms with van der Waals surface area (Å²) in [5.41, 5.74) is 2.24. The van der Waals surface area contributed by atoms with Crippen molar-refractivity contribution in [2.24, 2.45) is 0 Å². The molecular formula is C15H20FN3O2. The molecule has 2 N–H and O–H groups in total. The summed E-state index contributed by atoms with van der Waals surface area (Å²) in [5, 5.41) is 8.57. The third-order valence-corrected chi connectivity index (χ3v) is 4.71. The van der Waals surface area contributed by atoms with Crippen molar-refractivity contribution in [3.05, 3.63) is 35.1 Å². The molecule has 6 heteroatoms. The second-order valence-corrected chi connectivity index (χ2v) is 6.00. The lowest BCUT2D eigenvalue weighted by atomic mass is 9.91. The minimum atomic E-state index is -0.695. The molecule has 5 nitrogen and oxygen atoms in total. The van der Waals surface area contributed by atoms with Gasteiger partial charge in [0.2, 0.25) is 0 Å². The van der Waals surface area contributed by atoms with Crippen LogP contribution in [-0.2, 0) is 6.54 Å². The van der Waals surface area contributed by atoms with Crippen molar-refractivity contribution < 1.29 is 14.4 Å². The Morgan fingerprint density at radius 3 is 2.71 bits per heavy atom. The first kappa shape index (κ1) is 14.4. The molecule has 1 amide bonds. The third-order valence-electron chi connectivity index (χ3n) is 4.71. The van der Waals surface area contributed by atoms with Crippen LogP contribution in [0.3, 0.4) is 0 Å². The summed E-state index contributed by atoms with van der Waals surface area (Å²) in [6.45, 7) is 2.58. The molecule has 4 rings (SSSR count). The Balaban J connectivity index is 1.72. The molecule has 0 radical (unpaired) electrons. The van der Waals surface area contributed by atoms with Crippen molar-refractivity contribution in [2.75, 3.05) is 20.1 Å². The molecule has 3 aliphatic heterocycles. The average molecular weight is 293 g/mol. The van der Waals surface area contributed by atoms with Crippen LogP contribution in [-0.4, -0.2) is 53.1 Å². The third kappa shape index (κ3) is 2.79. The Labute approximate surface area is 123 Å². The summed E-state index contributed by atoms with van der Waals surface area (Å²) in [6.07, 6.45) is 2.39. The van der Waals surface area contributed by atoms with Gasteiger partial charge in [-0.05, 0) is 32.0 Å². The van der Waals surface area contributed by atoms with E-state index in [4.69, 9.17) is 5.21 Å². The Bertz CT molecular complexity index is 552. The molecule has 1 aromatic carbocycles. The molecular weight excluding hydrogens is 273 g/mol. The first-order valence-electron chi connectivity index (χ1n) is 7.25. The van der Waals surface area contributed by atoms with Crippen LogP contribution in [0.5, 0.6) is 0 Å². The topological polar surface area (TPSA) is 55.8 Å². The van der Waals surface area contributed by atoms with E-state index in [0.29, 0.717) is 24.2 Å². The maximum Gasteiger partial charge on any atom is 0.274 e. The fourth-order valence-electron chi connectivity index (χ4n) is 3.42. The molecule has 2 unspecified atom stereocenters. The number of amides is 1. The van der Waals surface area contributed by atoms with Crippen LogP contribution < -0.4 is 5.48 Å². The number of halogens is 1. The van der Waals surface area contributed by atoms with Crippen molar-refractivity contribution in [1.29, 1.82) is 0 Å². The summed E-state index contributed by atoms with van der Waals surface area (Å²) in [5.74, 6) is -1.09. The number of hydrogen-bond acceptors (Lipinski definition) is 4. The number of carbonyl (C=O) groups excluding carboxylic acids is 1. The van der Waals surface area contributed by atoms with E-state index in [2.05, 4.69) is 16.8 Å². The number of carbonyl (C=O) groups is 1. The second-order valence-electron chi connectivity index (χ2n) is 6.00. The molecule has 3 saturated heterocycles. The number of hydrogen-bond donors (Lipinski definition) is 2. The Morgan fingerprint density at radius 2 is 2.14 bits per heavy atom. The van der Waals surface area contributed by atoms with Gasteiger partial charge < -0.3 is 4.90 Å². The van der Waals surface area contributed by atoms with Crippen molar-refractivity contribution in [3.8, 4) is 0 Å². The lowest BCUT2D eigenvalue weighted by Gasteiger charge is -2.50. The van der Waals surface area contributed by atoms with Crippen molar-refractivity contribution in [3.63, 3.8) is 0 Å². The predicted octanol–water partition coefficient (Wildman–Crippen LogP) is 1.22. The van der Waals surface area contributed by atoms with E-state index in [1.807, 2.05) is 0 Å². The van der Waals surface area contributed by atoms with Crippen LogP contribution in [0.4, 0.5) is 4.39 Å². The molecule has 0 spiro atoms. The fourth-order valence-corrected chi connectivity index (χ4v) is 3.42.